The summed E-state index contributed by atoms with van der Waals surface area (Å²) in [6.45, 7) is 4.87. The van der Waals surface area contributed by atoms with Crippen LogP contribution in [0.5, 0.6) is 5.75 Å². The Hall–Kier alpha value is -1.81. The van der Waals surface area contributed by atoms with Crippen molar-refractivity contribution in [3.8, 4) is 5.75 Å². The largest absolute Gasteiger partial charge is 0.492 e. The zero-order valence-corrected chi connectivity index (χ0v) is 10.3. The zero-order valence-electron chi connectivity index (χ0n) is 10.3. The summed E-state index contributed by atoms with van der Waals surface area (Å²) in [7, 11) is 3.98. The van der Waals surface area contributed by atoms with Crippen molar-refractivity contribution in [2.75, 3.05) is 32.6 Å². The van der Waals surface area contributed by atoms with E-state index >= 15 is 0 Å². The number of carbonyl (C=O) groups excluding carboxylic acids is 1. The van der Waals surface area contributed by atoms with Crippen molar-refractivity contribution in [2.24, 2.45) is 0 Å². The monoisotopic (exact) mass is 234 g/mol. The summed E-state index contributed by atoms with van der Waals surface area (Å²) in [5.41, 5.74) is 0.706. The molecule has 0 spiro atoms. The molecular formula is C13H18N2O2. The Morgan fingerprint density at radius 2 is 2.29 bits per heavy atom. The molecule has 1 amide bonds. The highest BCUT2D eigenvalue weighted by atomic mass is 16.5. The Balaban J connectivity index is 2.53. The molecule has 1 rings (SSSR count). The number of nitrogens with zero attached hydrogens (tertiary/aromatic N) is 1. The van der Waals surface area contributed by atoms with E-state index in [1.807, 2.05) is 31.1 Å². The van der Waals surface area contributed by atoms with Gasteiger partial charge in [-0.2, -0.15) is 0 Å². The molecule has 4 heteroatoms. The van der Waals surface area contributed by atoms with Crippen LogP contribution in [0.2, 0.25) is 0 Å². The summed E-state index contributed by atoms with van der Waals surface area (Å²) in [5, 5.41) is 2.68. The first-order valence-electron chi connectivity index (χ1n) is 5.43. The van der Waals surface area contributed by atoms with E-state index in [2.05, 4.69) is 11.9 Å². The van der Waals surface area contributed by atoms with E-state index in [1.165, 1.54) is 6.08 Å². The maximum Gasteiger partial charge on any atom is 0.247 e. The molecule has 0 aliphatic rings. The van der Waals surface area contributed by atoms with Gasteiger partial charge in [0.2, 0.25) is 5.91 Å². The summed E-state index contributed by atoms with van der Waals surface area (Å²) in [6, 6.07) is 7.29. The minimum absolute atomic E-state index is 0.226. The standard InChI is InChI=1S/C13H18N2O2/c1-4-13(16)14-11-6-5-7-12(10-11)17-9-8-15(2)3/h4-7,10H,1,8-9H2,2-3H3,(H,14,16). The van der Waals surface area contributed by atoms with Gasteiger partial charge in [0, 0.05) is 18.3 Å². The van der Waals surface area contributed by atoms with Crippen molar-refractivity contribution in [3.63, 3.8) is 0 Å². The number of carbonyl (C=O) groups is 1. The third-order valence-electron chi connectivity index (χ3n) is 2.09. The minimum Gasteiger partial charge on any atom is -0.492 e. The Bertz CT molecular complexity index is 389. The van der Waals surface area contributed by atoms with E-state index in [4.69, 9.17) is 4.74 Å². The van der Waals surface area contributed by atoms with E-state index in [1.54, 1.807) is 12.1 Å². The second-order valence-electron chi connectivity index (χ2n) is 3.87. The van der Waals surface area contributed by atoms with Crippen LogP contribution < -0.4 is 10.1 Å². The van der Waals surface area contributed by atoms with Crippen LogP contribution >= 0.6 is 0 Å². The normalized spacial score (nSPS) is 10.1. The first-order valence-corrected chi connectivity index (χ1v) is 5.43. The SMILES string of the molecule is C=CC(=O)Nc1cccc(OCCN(C)C)c1. The van der Waals surface area contributed by atoms with Gasteiger partial charge in [-0.25, -0.2) is 0 Å². The predicted molar refractivity (Wildman–Crippen MR) is 69.3 cm³/mol. The van der Waals surface area contributed by atoms with Gasteiger partial charge in [-0.3, -0.25) is 4.79 Å². The van der Waals surface area contributed by atoms with Gasteiger partial charge in [0.25, 0.3) is 0 Å². The molecule has 92 valence electrons. The van der Waals surface area contributed by atoms with Crippen LogP contribution in [-0.4, -0.2) is 38.1 Å². The Morgan fingerprint density at radius 1 is 1.53 bits per heavy atom. The molecule has 0 aliphatic heterocycles. The summed E-state index contributed by atoms with van der Waals surface area (Å²) in [5.74, 6) is 0.518. The Morgan fingerprint density at radius 3 is 2.94 bits per heavy atom. The number of hydrogen-bond acceptors (Lipinski definition) is 3. The van der Waals surface area contributed by atoms with Crippen LogP contribution in [0.25, 0.3) is 0 Å². The second-order valence-corrected chi connectivity index (χ2v) is 3.87. The fourth-order valence-electron chi connectivity index (χ4n) is 1.20. The van der Waals surface area contributed by atoms with Crippen molar-refractivity contribution >= 4 is 11.6 Å². The topological polar surface area (TPSA) is 41.6 Å². The van der Waals surface area contributed by atoms with Gasteiger partial charge in [0.1, 0.15) is 12.4 Å². The number of nitrogens with one attached hydrogen (secondary N) is 1. The van der Waals surface area contributed by atoms with Crippen LogP contribution in [-0.2, 0) is 4.79 Å². The highest BCUT2D eigenvalue weighted by Crippen LogP contribution is 2.17. The van der Waals surface area contributed by atoms with Gasteiger partial charge < -0.3 is 15.0 Å². The van der Waals surface area contributed by atoms with Gasteiger partial charge in [-0.1, -0.05) is 12.6 Å². The van der Waals surface area contributed by atoms with Crippen molar-refractivity contribution in [3.05, 3.63) is 36.9 Å². The van der Waals surface area contributed by atoms with Crippen molar-refractivity contribution in [1.82, 2.24) is 4.90 Å². The first kappa shape index (κ1) is 13.3. The van der Waals surface area contributed by atoms with Crippen molar-refractivity contribution in [1.29, 1.82) is 0 Å². The molecule has 0 aliphatic carbocycles. The molecule has 4 nitrogen and oxygen atoms in total. The summed E-state index contributed by atoms with van der Waals surface area (Å²) >= 11 is 0. The van der Waals surface area contributed by atoms with E-state index in [-0.39, 0.29) is 5.91 Å². The lowest BCUT2D eigenvalue weighted by Gasteiger charge is -2.11. The van der Waals surface area contributed by atoms with Gasteiger partial charge in [-0.05, 0) is 32.3 Å². The molecule has 1 N–H and O–H groups in total. The molecule has 0 atom stereocenters. The number of amides is 1. The molecule has 0 radical (unpaired) electrons. The lowest BCUT2D eigenvalue weighted by atomic mass is 10.3. The predicted octanol–water partition coefficient (Wildman–Crippen LogP) is 1.75. The minimum atomic E-state index is -0.226. The molecule has 0 heterocycles. The third-order valence-corrected chi connectivity index (χ3v) is 2.09. The second kappa shape index (κ2) is 6.70. The molecule has 0 saturated carbocycles. The van der Waals surface area contributed by atoms with Crippen LogP contribution in [0.1, 0.15) is 0 Å². The highest BCUT2D eigenvalue weighted by Gasteiger charge is 1.99. The number of anilines is 1. The molecule has 1 aromatic carbocycles. The van der Waals surface area contributed by atoms with Crippen LogP contribution in [0.4, 0.5) is 5.69 Å². The molecule has 0 unspecified atom stereocenters. The van der Waals surface area contributed by atoms with E-state index in [9.17, 15) is 4.79 Å². The molecule has 0 bridgehead atoms. The fraction of sp³-hybridized carbons (Fsp3) is 0.308. The zero-order chi connectivity index (χ0) is 12.7. The smallest absolute Gasteiger partial charge is 0.247 e. The van der Waals surface area contributed by atoms with Crippen LogP contribution in [0, 0.1) is 0 Å². The summed E-state index contributed by atoms with van der Waals surface area (Å²) in [4.78, 5) is 13.2. The van der Waals surface area contributed by atoms with Crippen LogP contribution in [0.3, 0.4) is 0 Å². The first-order chi connectivity index (χ1) is 8.11. The van der Waals surface area contributed by atoms with Crippen molar-refractivity contribution < 1.29 is 9.53 Å². The number of hydrogen-bond donors (Lipinski definition) is 1. The average Bonchev–Trinajstić information content (AvgIpc) is 2.29. The summed E-state index contributed by atoms with van der Waals surface area (Å²) < 4.78 is 5.55. The van der Waals surface area contributed by atoms with E-state index in [0.717, 1.165) is 12.3 Å². The van der Waals surface area contributed by atoms with Gasteiger partial charge >= 0.3 is 0 Å². The Labute approximate surface area is 102 Å². The van der Waals surface area contributed by atoms with E-state index in [0.29, 0.717) is 12.3 Å². The molecule has 0 saturated heterocycles. The molecule has 0 aromatic heterocycles. The van der Waals surface area contributed by atoms with Gasteiger partial charge in [0.15, 0.2) is 0 Å². The number of benzene rings is 1. The average molecular weight is 234 g/mol. The van der Waals surface area contributed by atoms with Crippen molar-refractivity contribution in [2.45, 2.75) is 0 Å². The molecule has 17 heavy (non-hydrogen) atoms. The number of rotatable bonds is 6. The van der Waals surface area contributed by atoms with E-state index < -0.39 is 0 Å². The summed E-state index contributed by atoms with van der Waals surface area (Å²) in [6.07, 6.45) is 1.24. The quantitative estimate of drug-likeness (QED) is 0.762. The van der Waals surface area contributed by atoms with Gasteiger partial charge in [-0.15, -0.1) is 0 Å². The maximum atomic E-state index is 11.1. The van der Waals surface area contributed by atoms with Crippen LogP contribution in [0.15, 0.2) is 36.9 Å². The highest BCUT2D eigenvalue weighted by molar-refractivity contribution is 5.98. The molecular weight excluding hydrogens is 216 g/mol. The lowest BCUT2D eigenvalue weighted by molar-refractivity contribution is -0.111. The molecule has 0 fully saturated rings. The maximum absolute atomic E-state index is 11.1. The Kier molecular flexibility index (Phi) is 5.23. The lowest BCUT2D eigenvalue weighted by Crippen LogP contribution is -2.19. The van der Waals surface area contributed by atoms with Gasteiger partial charge in [0.05, 0.1) is 0 Å². The number of likely N-dealkylation sites (N-methyl/N-ethyl adjacent to an activating group) is 1. The number of ether oxygens (including phenoxy) is 1. The molecule has 1 aromatic rings. The fourth-order valence-corrected chi connectivity index (χ4v) is 1.20. The third kappa shape index (κ3) is 5.17.